The van der Waals surface area contributed by atoms with Crippen LogP contribution < -0.4 is 10.0 Å². The normalized spacial score (nSPS) is 31.5. The highest BCUT2D eigenvalue weighted by Gasteiger charge is 2.33. The van der Waals surface area contributed by atoms with Crippen molar-refractivity contribution in [1.29, 1.82) is 0 Å². The monoisotopic (exact) mass is 305 g/mol. The number of sulfonamides is 1. The Morgan fingerprint density at radius 3 is 2.85 bits per heavy atom. The molecule has 0 aromatic carbocycles. The van der Waals surface area contributed by atoms with Gasteiger partial charge in [0.15, 0.2) is 0 Å². The highest BCUT2D eigenvalue weighted by Crippen LogP contribution is 2.19. The van der Waals surface area contributed by atoms with Gasteiger partial charge in [-0.25, -0.2) is 13.1 Å². The lowest BCUT2D eigenvalue weighted by atomic mass is 9.97. The van der Waals surface area contributed by atoms with E-state index in [1.807, 2.05) is 0 Å². The standard InChI is InChI=1S/C12H23N3O4S/c1-20(18,19)14-6-9-3-2-4-15(8-9)12(17)11-5-10(16)7-13-11/h9-11,13-14,16H,2-8H2,1H3. The molecular weight excluding hydrogens is 282 g/mol. The lowest BCUT2D eigenvalue weighted by molar-refractivity contribution is -0.135. The third kappa shape index (κ3) is 4.41. The summed E-state index contributed by atoms with van der Waals surface area (Å²) < 4.78 is 24.7. The number of nitrogens with zero attached hydrogens (tertiary/aromatic N) is 1. The zero-order valence-electron chi connectivity index (χ0n) is 11.7. The molecule has 0 spiro atoms. The van der Waals surface area contributed by atoms with Crippen LogP contribution in [-0.2, 0) is 14.8 Å². The first-order valence-corrected chi connectivity index (χ1v) is 8.89. The van der Waals surface area contributed by atoms with Crippen molar-refractivity contribution in [2.75, 3.05) is 32.4 Å². The molecule has 0 radical (unpaired) electrons. The summed E-state index contributed by atoms with van der Waals surface area (Å²) in [4.78, 5) is 14.1. The molecule has 116 valence electrons. The molecule has 0 aromatic heterocycles. The molecule has 3 unspecified atom stereocenters. The summed E-state index contributed by atoms with van der Waals surface area (Å²) in [6.45, 7) is 2.13. The average Bonchev–Trinajstić information content (AvgIpc) is 2.82. The van der Waals surface area contributed by atoms with E-state index in [0.29, 0.717) is 32.6 Å². The molecule has 0 aromatic rings. The number of hydrogen-bond donors (Lipinski definition) is 3. The van der Waals surface area contributed by atoms with Crippen molar-refractivity contribution in [3.8, 4) is 0 Å². The fourth-order valence-corrected chi connectivity index (χ4v) is 3.37. The van der Waals surface area contributed by atoms with Crippen LogP contribution in [0.15, 0.2) is 0 Å². The first kappa shape index (κ1) is 15.7. The van der Waals surface area contributed by atoms with Gasteiger partial charge in [-0.05, 0) is 25.2 Å². The molecule has 7 nitrogen and oxygen atoms in total. The predicted molar refractivity (Wildman–Crippen MR) is 74.6 cm³/mol. The van der Waals surface area contributed by atoms with E-state index in [4.69, 9.17) is 0 Å². The highest BCUT2D eigenvalue weighted by molar-refractivity contribution is 7.88. The van der Waals surface area contributed by atoms with Gasteiger partial charge in [-0.1, -0.05) is 0 Å². The topological polar surface area (TPSA) is 98.7 Å². The second-order valence-electron chi connectivity index (χ2n) is 5.76. The molecule has 2 heterocycles. The van der Waals surface area contributed by atoms with E-state index in [9.17, 15) is 18.3 Å². The zero-order valence-corrected chi connectivity index (χ0v) is 12.5. The van der Waals surface area contributed by atoms with Gasteiger partial charge in [0.2, 0.25) is 15.9 Å². The van der Waals surface area contributed by atoms with Crippen LogP contribution in [0.25, 0.3) is 0 Å². The van der Waals surface area contributed by atoms with Gasteiger partial charge in [0.25, 0.3) is 0 Å². The molecule has 0 saturated carbocycles. The molecule has 1 amide bonds. The Bertz CT molecular complexity index is 454. The summed E-state index contributed by atoms with van der Waals surface area (Å²) in [6.07, 6.45) is 2.96. The fourth-order valence-electron chi connectivity index (χ4n) is 2.83. The third-order valence-electron chi connectivity index (χ3n) is 3.87. The maximum Gasteiger partial charge on any atom is 0.239 e. The summed E-state index contributed by atoms with van der Waals surface area (Å²) in [5, 5.41) is 12.5. The van der Waals surface area contributed by atoms with Crippen LogP contribution in [0.1, 0.15) is 19.3 Å². The molecule has 2 rings (SSSR count). The van der Waals surface area contributed by atoms with Crippen LogP contribution in [0.4, 0.5) is 0 Å². The number of β-amino-alcohol motifs (C(OH)–C–C–N with tert-alkyl or cyclic N) is 1. The molecule has 2 fully saturated rings. The SMILES string of the molecule is CS(=O)(=O)NCC1CCCN(C(=O)C2CC(O)CN2)C1. The van der Waals surface area contributed by atoms with E-state index in [1.165, 1.54) is 0 Å². The molecule has 2 aliphatic heterocycles. The van der Waals surface area contributed by atoms with E-state index in [0.717, 1.165) is 19.1 Å². The van der Waals surface area contributed by atoms with Gasteiger partial charge < -0.3 is 15.3 Å². The van der Waals surface area contributed by atoms with Gasteiger partial charge >= 0.3 is 0 Å². The van der Waals surface area contributed by atoms with E-state index in [2.05, 4.69) is 10.0 Å². The Hall–Kier alpha value is -0.700. The van der Waals surface area contributed by atoms with E-state index < -0.39 is 16.1 Å². The summed E-state index contributed by atoms with van der Waals surface area (Å²) in [5.41, 5.74) is 0. The Kier molecular flexibility index (Phi) is 5.00. The number of piperidine rings is 1. The summed E-state index contributed by atoms with van der Waals surface area (Å²) in [7, 11) is -3.18. The molecule has 2 aliphatic rings. The predicted octanol–water partition coefficient (Wildman–Crippen LogP) is -1.50. The Morgan fingerprint density at radius 2 is 2.25 bits per heavy atom. The molecule has 8 heteroatoms. The summed E-state index contributed by atoms with van der Waals surface area (Å²) in [6, 6.07) is -0.299. The molecule has 2 saturated heterocycles. The average molecular weight is 305 g/mol. The molecule has 20 heavy (non-hydrogen) atoms. The Labute approximate surface area is 119 Å². The second-order valence-corrected chi connectivity index (χ2v) is 7.60. The van der Waals surface area contributed by atoms with Crippen LogP contribution >= 0.6 is 0 Å². The zero-order chi connectivity index (χ0) is 14.8. The number of aliphatic hydroxyl groups is 1. The van der Waals surface area contributed by atoms with Crippen molar-refractivity contribution >= 4 is 15.9 Å². The van der Waals surface area contributed by atoms with E-state index in [1.54, 1.807) is 4.90 Å². The maximum atomic E-state index is 12.3. The van der Waals surface area contributed by atoms with Crippen LogP contribution in [0.5, 0.6) is 0 Å². The van der Waals surface area contributed by atoms with Gasteiger partial charge in [0.05, 0.1) is 18.4 Å². The largest absolute Gasteiger partial charge is 0.392 e. The van der Waals surface area contributed by atoms with Gasteiger partial charge in [0.1, 0.15) is 0 Å². The number of likely N-dealkylation sites (tertiary alicyclic amines) is 1. The van der Waals surface area contributed by atoms with Crippen molar-refractivity contribution in [2.45, 2.75) is 31.4 Å². The third-order valence-corrected chi connectivity index (χ3v) is 4.56. The number of aliphatic hydroxyl groups excluding tert-OH is 1. The van der Waals surface area contributed by atoms with Crippen molar-refractivity contribution in [3.05, 3.63) is 0 Å². The van der Waals surface area contributed by atoms with Gasteiger partial charge in [-0.2, -0.15) is 0 Å². The number of amides is 1. The van der Waals surface area contributed by atoms with Gasteiger partial charge in [0, 0.05) is 26.2 Å². The minimum Gasteiger partial charge on any atom is -0.392 e. The number of nitrogens with one attached hydrogen (secondary N) is 2. The van der Waals surface area contributed by atoms with Crippen LogP contribution in [0.3, 0.4) is 0 Å². The van der Waals surface area contributed by atoms with Crippen molar-refractivity contribution in [2.24, 2.45) is 5.92 Å². The van der Waals surface area contributed by atoms with Crippen LogP contribution in [-0.4, -0.2) is 68.9 Å². The van der Waals surface area contributed by atoms with Crippen molar-refractivity contribution < 1.29 is 18.3 Å². The summed E-state index contributed by atoms with van der Waals surface area (Å²) >= 11 is 0. The number of carbonyl (C=O) groups is 1. The van der Waals surface area contributed by atoms with Gasteiger partial charge in [-0.15, -0.1) is 0 Å². The molecule has 0 bridgehead atoms. The van der Waals surface area contributed by atoms with Crippen molar-refractivity contribution in [1.82, 2.24) is 14.9 Å². The first-order chi connectivity index (χ1) is 9.35. The molecule has 0 aliphatic carbocycles. The lowest BCUT2D eigenvalue weighted by Crippen LogP contribution is -2.49. The fraction of sp³-hybridized carbons (Fsp3) is 0.917. The molecule has 3 atom stereocenters. The lowest BCUT2D eigenvalue weighted by Gasteiger charge is -2.34. The number of hydrogen-bond acceptors (Lipinski definition) is 5. The molecular formula is C12H23N3O4S. The van der Waals surface area contributed by atoms with E-state index in [-0.39, 0.29) is 17.9 Å². The summed E-state index contributed by atoms with van der Waals surface area (Å²) in [5.74, 6) is 0.180. The second kappa shape index (κ2) is 6.38. The minimum absolute atomic E-state index is 0.0191. The van der Waals surface area contributed by atoms with Crippen molar-refractivity contribution in [3.63, 3.8) is 0 Å². The van der Waals surface area contributed by atoms with E-state index >= 15 is 0 Å². The Balaban J connectivity index is 1.85. The van der Waals surface area contributed by atoms with Crippen LogP contribution in [0.2, 0.25) is 0 Å². The number of rotatable bonds is 4. The first-order valence-electron chi connectivity index (χ1n) is 7.00. The smallest absolute Gasteiger partial charge is 0.239 e. The van der Waals surface area contributed by atoms with Gasteiger partial charge in [-0.3, -0.25) is 4.79 Å². The Morgan fingerprint density at radius 1 is 1.50 bits per heavy atom. The number of carbonyl (C=O) groups excluding carboxylic acids is 1. The quantitative estimate of drug-likeness (QED) is 0.587. The minimum atomic E-state index is -3.18. The van der Waals surface area contributed by atoms with Crippen LogP contribution in [0, 0.1) is 5.92 Å². The maximum absolute atomic E-state index is 12.3. The molecule has 3 N–H and O–H groups in total. The highest BCUT2D eigenvalue weighted by atomic mass is 32.2.